The highest BCUT2D eigenvalue weighted by atomic mass is 79.9. The second-order valence-electron chi connectivity index (χ2n) is 5.23. The molecule has 24 heavy (non-hydrogen) atoms. The maximum Gasteiger partial charge on any atom is 0.185 e. The Morgan fingerprint density at radius 3 is 2.08 bits per heavy atom. The van der Waals surface area contributed by atoms with Gasteiger partial charge in [-0.25, -0.2) is 0 Å². The molecule has 2 aromatic rings. The zero-order valence-corrected chi connectivity index (χ0v) is 14.8. The number of ketones is 1. The largest absolute Gasteiger partial charge is 0.395 e. The van der Waals surface area contributed by atoms with Crippen LogP contribution in [0.1, 0.15) is 15.9 Å². The second kappa shape index (κ2) is 9.37. The van der Waals surface area contributed by atoms with Crippen LogP contribution in [0.5, 0.6) is 0 Å². The highest BCUT2D eigenvalue weighted by Crippen LogP contribution is 2.16. The molecule has 2 N–H and O–H groups in total. The molecule has 0 bridgehead atoms. The Bertz CT molecular complexity index is 675. The Hall–Kier alpha value is -1.95. The van der Waals surface area contributed by atoms with Gasteiger partial charge in [-0.05, 0) is 48.0 Å². The third-order valence-electron chi connectivity index (χ3n) is 3.55. The van der Waals surface area contributed by atoms with Crippen LogP contribution in [0.2, 0.25) is 0 Å². The Balaban J connectivity index is 2.04. The van der Waals surface area contributed by atoms with Gasteiger partial charge in [-0.1, -0.05) is 34.1 Å². The molecule has 2 rings (SSSR count). The van der Waals surface area contributed by atoms with Gasteiger partial charge in [0.2, 0.25) is 0 Å². The van der Waals surface area contributed by atoms with Crippen LogP contribution in [-0.2, 0) is 0 Å². The van der Waals surface area contributed by atoms with E-state index in [1.54, 1.807) is 24.3 Å². The number of nitrogens with zero attached hydrogens (tertiary/aromatic N) is 1. The molecule has 0 aliphatic carbocycles. The number of anilines is 1. The maximum absolute atomic E-state index is 12.1. The number of rotatable bonds is 8. The van der Waals surface area contributed by atoms with Gasteiger partial charge in [0.25, 0.3) is 0 Å². The van der Waals surface area contributed by atoms with Gasteiger partial charge < -0.3 is 15.1 Å². The molecule has 0 aliphatic heterocycles. The summed E-state index contributed by atoms with van der Waals surface area (Å²) in [7, 11) is 0. The van der Waals surface area contributed by atoms with Gasteiger partial charge in [-0.2, -0.15) is 0 Å². The molecule has 0 amide bonds. The number of carbonyl (C=O) groups is 1. The van der Waals surface area contributed by atoms with Crippen molar-refractivity contribution in [2.24, 2.45) is 0 Å². The lowest BCUT2D eigenvalue weighted by molar-refractivity contribution is 0.104. The van der Waals surface area contributed by atoms with Crippen molar-refractivity contribution < 1.29 is 15.0 Å². The summed E-state index contributed by atoms with van der Waals surface area (Å²) in [6, 6.07) is 14.9. The molecule has 0 aromatic heterocycles. The molecule has 0 radical (unpaired) electrons. The molecule has 2 aromatic carbocycles. The third kappa shape index (κ3) is 5.30. The van der Waals surface area contributed by atoms with Crippen LogP contribution in [0.15, 0.2) is 59.1 Å². The van der Waals surface area contributed by atoms with E-state index in [-0.39, 0.29) is 19.0 Å². The fourth-order valence-electron chi connectivity index (χ4n) is 2.29. The molecule has 0 saturated carbocycles. The summed E-state index contributed by atoms with van der Waals surface area (Å²) in [5.41, 5.74) is 2.48. The lowest BCUT2D eigenvalue weighted by Gasteiger charge is -2.22. The molecular formula is C19H20BrNO3. The molecular weight excluding hydrogens is 370 g/mol. The number of aliphatic hydroxyl groups is 2. The summed E-state index contributed by atoms with van der Waals surface area (Å²) in [4.78, 5) is 14.0. The molecule has 0 heterocycles. The number of halogens is 1. The van der Waals surface area contributed by atoms with E-state index in [2.05, 4.69) is 15.9 Å². The Labute approximate surface area is 150 Å². The van der Waals surface area contributed by atoms with Gasteiger partial charge in [-0.15, -0.1) is 0 Å². The SMILES string of the molecule is O=C(/C=C/c1ccc(N(CCO)CCO)cc1)c1ccc(Br)cc1. The lowest BCUT2D eigenvalue weighted by atomic mass is 10.1. The van der Waals surface area contributed by atoms with E-state index in [1.165, 1.54) is 0 Å². The fourth-order valence-corrected chi connectivity index (χ4v) is 2.55. The first-order valence-electron chi connectivity index (χ1n) is 7.69. The van der Waals surface area contributed by atoms with Crippen LogP contribution in [0, 0.1) is 0 Å². The molecule has 0 spiro atoms. The van der Waals surface area contributed by atoms with Gasteiger partial charge in [0.05, 0.1) is 13.2 Å². The van der Waals surface area contributed by atoms with Crippen molar-refractivity contribution in [3.05, 3.63) is 70.2 Å². The van der Waals surface area contributed by atoms with Crippen molar-refractivity contribution >= 4 is 33.5 Å². The minimum Gasteiger partial charge on any atom is -0.395 e. The zero-order chi connectivity index (χ0) is 17.4. The van der Waals surface area contributed by atoms with Crippen molar-refractivity contribution in [3.63, 3.8) is 0 Å². The van der Waals surface area contributed by atoms with Crippen molar-refractivity contribution in [1.82, 2.24) is 0 Å². The zero-order valence-electron chi connectivity index (χ0n) is 13.2. The Kier molecular flexibility index (Phi) is 7.18. The molecule has 0 saturated heterocycles. The minimum atomic E-state index is -0.0474. The first kappa shape index (κ1) is 18.4. The second-order valence-corrected chi connectivity index (χ2v) is 6.15. The highest BCUT2D eigenvalue weighted by molar-refractivity contribution is 9.10. The normalized spacial score (nSPS) is 11.0. The van der Waals surface area contributed by atoms with Gasteiger partial charge in [-0.3, -0.25) is 4.79 Å². The summed E-state index contributed by atoms with van der Waals surface area (Å²) in [5, 5.41) is 18.1. The van der Waals surface area contributed by atoms with Gasteiger partial charge >= 0.3 is 0 Å². The first-order valence-corrected chi connectivity index (χ1v) is 8.48. The van der Waals surface area contributed by atoms with Crippen LogP contribution in [0.3, 0.4) is 0 Å². The van der Waals surface area contributed by atoms with Crippen LogP contribution >= 0.6 is 15.9 Å². The number of hydrogen-bond donors (Lipinski definition) is 2. The number of aliphatic hydroxyl groups excluding tert-OH is 2. The number of carbonyl (C=O) groups excluding carboxylic acids is 1. The van der Waals surface area contributed by atoms with Gasteiger partial charge in [0.1, 0.15) is 0 Å². The smallest absolute Gasteiger partial charge is 0.185 e. The van der Waals surface area contributed by atoms with E-state index < -0.39 is 0 Å². The van der Waals surface area contributed by atoms with E-state index in [1.807, 2.05) is 41.3 Å². The molecule has 0 unspecified atom stereocenters. The summed E-state index contributed by atoms with van der Waals surface area (Å²) in [6.45, 7) is 1.00. The summed E-state index contributed by atoms with van der Waals surface area (Å²) >= 11 is 3.35. The van der Waals surface area contributed by atoms with Crippen LogP contribution in [0.25, 0.3) is 6.08 Å². The first-order chi connectivity index (χ1) is 11.6. The van der Waals surface area contributed by atoms with Gasteiger partial charge in [0, 0.05) is 28.8 Å². The lowest BCUT2D eigenvalue weighted by Crippen LogP contribution is -2.29. The Morgan fingerprint density at radius 1 is 0.958 bits per heavy atom. The highest BCUT2D eigenvalue weighted by Gasteiger charge is 2.05. The van der Waals surface area contributed by atoms with E-state index in [4.69, 9.17) is 10.2 Å². The van der Waals surface area contributed by atoms with Crippen molar-refractivity contribution in [2.75, 3.05) is 31.2 Å². The van der Waals surface area contributed by atoms with E-state index in [9.17, 15) is 4.79 Å². The number of benzene rings is 2. The van der Waals surface area contributed by atoms with Crippen LogP contribution in [-0.4, -0.2) is 42.3 Å². The van der Waals surface area contributed by atoms with Crippen molar-refractivity contribution in [3.8, 4) is 0 Å². The minimum absolute atomic E-state index is 0.0311. The quantitative estimate of drug-likeness (QED) is 0.537. The van der Waals surface area contributed by atoms with Crippen LogP contribution < -0.4 is 4.90 Å². The van der Waals surface area contributed by atoms with Crippen LogP contribution in [0.4, 0.5) is 5.69 Å². The maximum atomic E-state index is 12.1. The van der Waals surface area contributed by atoms with E-state index in [0.717, 1.165) is 15.7 Å². The topological polar surface area (TPSA) is 60.8 Å². The molecule has 4 nitrogen and oxygen atoms in total. The standard InChI is InChI=1S/C19H20BrNO3/c20-17-6-4-16(5-7-17)19(24)10-3-15-1-8-18(9-2-15)21(11-13-22)12-14-23/h1-10,22-23H,11-14H2/b10-3+. The predicted molar refractivity (Wildman–Crippen MR) is 100 cm³/mol. The van der Waals surface area contributed by atoms with Crippen molar-refractivity contribution in [1.29, 1.82) is 0 Å². The Morgan fingerprint density at radius 2 is 1.54 bits per heavy atom. The average Bonchev–Trinajstić information content (AvgIpc) is 2.60. The van der Waals surface area contributed by atoms with Crippen molar-refractivity contribution in [2.45, 2.75) is 0 Å². The molecule has 0 atom stereocenters. The molecule has 0 fully saturated rings. The number of allylic oxidation sites excluding steroid dienone is 1. The number of hydrogen-bond acceptors (Lipinski definition) is 4. The summed E-state index contributed by atoms with van der Waals surface area (Å²) < 4.78 is 0.939. The summed E-state index contributed by atoms with van der Waals surface area (Å²) in [5.74, 6) is -0.0474. The van der Waals surface area contributed by atoms with E-state index >= 15 is 0 Å². The molecule has 5 heteroatoms. The fraction of sp³-hybridized carbons (Fsp3) is 0.211. The van der Waals surface area contributed by atoms with Gasteiger partial charge in [0.15, 0.2) is 5.78 Å². The summed E-state index contributed by atoms with van der Waals surface area (Å²) in [6.07, 6.45) is 3.33. The molecule has 126 valence electrons. The average molecular weight is 390 g/mol. The predicted octanol–water partition coefficient (Wildman–Crippen LogP) is 3.14. The van der Waals surface area contributed by atoms with E-state index in [0.29, 0.717) is 18.7 Å². The third-order valence-corrected chi connectivity index (χ3v) is 4.08. The molecule has 0 aliphatic rings. The monoisotopic (exact) mass is 389 g/mol.